The first-order valence-electron chi connectivity index (χ1n) is 13.4. The quantitative estimate of drug-likeness (QED) is 0.214. The molecule has 190 valence electrons. The largest absolute Gasteiger partial charge is 0.356 e. The van der Waals surface area contributed by atoms with E-state index in [0.717, 1.165) is 41.6 Å². The maximum Gasteiger partial charge on any atom is 0.170 e. The minimum absolute atomic E-state index is 0.272. The molecule has 4 nitrogen and oxygen atoms in total. The molecule has 0 bridgehead atoms. The second-order valence-electron chi connectivity index (χ2n) is 9.68. The lowest BCUT2D eigenvalue weighted by atomic mass is 9.92. The second-order valence-corrected chi connectivity index (χ2v) is 9.68. The van der Waals surface area contributed by atoms with Gasteiger partial charge in [0.25, 0.3) is 0 Å². The smallest absolute Gasteiger partial charge is 0.170 e. The van der Waals surface area contributed by atoms with Crippen molar-refractivity contribution in [2.24, 2.45) is 0 Å². The summed E-state index contributed by atoms with van der Waals surface area (Å²) in [5, 5.41) is 10.6. The highest BCUT2D eigenvalue weighted by Crippen LogP contribution is 2.33. The van der Waals surface area contributed by atoms with Gasteiger partial charge in [-0.15, -0.1) is 0 Å². The van der Waals surface area contributed by atoms with E-state index in [1.54, 1.807) is 6.07 Å². The van der Waals surface area contributed by atoms with Crippen molar-refractivity contribution in [2.45, 2.75) is 104 Å². The fourth-order valence-electron chi connectivity index (χ4n) is 4.92. The van der Waals surface area contributed by atoms with Gasteiger partial charge in [-0.25, -0.2) is 4.39 Å². The molecule has 2 heterocycles. The summed E-state index contributed by atoms with van der Waals surface area (Å²) >= 11 is 0. The average Bonchev–Trinajstić information content (AvgIpc) is 3.45. The minimum Gasteiger partial charge on any atom is -0.356 e. The van der Waals surface area contributed by atoms with Gasteiger partial charge in [0, 0.05) is 28.7 Å². The summed E-state index contributed by atoms with van der Waals surface area (Å²) in [5.74, 6) is 0.710. The normalized spacial score (nSPS) is 12.3. The Morgan fingerprint density at radius 1 is 0.686 bits per heavy atom. The van der Waals surface area contributed by atoms with Crippen LogP contribution in [0.5, 0.6) is 0 Å². The highest BCUT2D eigenvalue weighted by atomic mass is 19.1. The summed E-state index contributed by atoms with van der Waals surface area (Å²) in [7, 11) is 0. The van der Waals surface area contributed by atoms with Crippen molar-refractivity contribution in [3.63, 3.8) is 0 Å². The molecule has 35 heavy (non-hydrogen) atoms. The Labute approximate surface area is 209 Å². The molecule has 0 N–H and O–H groups in total. The molecule has 0 amide bonds. The monoisotopic (exact) mass is 480 g/mol. The number of unbranched alkanes of at least 4 members (excludes halogenated alkanes) is 1. The predicted molar refractivity (Wildman–Crippen MR) is 142 cm³/mol. The molecule has 2 aromatic heterocycles. The molecule has 0 aliphatic rings. The number of nitrogens with zero attached hydrogens (tertiary/aromatic N) is 2. The lowest BCUT2D eigenvalue weighted by Gasteiger charge is -2.12. The zero-order valence-corrected chi connectivity index (χ0v) is 22.1. The van der Waals surface area contributed by atoms with Crippen LogP contribution in [0.3, 0.4) is 0 Å². The molecule has 4 rings (SSSR count). The minimum atomic E-state index is -0.272. The van der Waals surface area contributed by atoms with Gasteiger partial charge in [0.05, 0.1) is 11.4 Å². The predicted octanol–water partition coefficient (Wildman–Crippen LogP) is 9.86. The summed E-state index contributed by atoms with van der Waals surface area (Å²) in [6.45, 7) is 10.9. The Balaban J connectivity index is 0.000000196. The van der Waals surface area contributed by atoms with Crippen molar-refractivity contribution in [1.29, 1.82) is 0 Å². The molecule has 0 aliphatic heterocycles. The van der Waals surface area contributed by atoms with Gasteiger partial charge in [-0.3, -0.25) is 0 Å². The van der Waals surface area contributed by atoms with E-state index in [2.05, 4.69) is 63.1 Å². The zero-order chi connectivity index (χ0) is 25.2. The number of aromatic nitrogens is 2. The lowest BCUT2D eigenvalue weighted by molar-refractivity contribution is 0.422. The molecule has 0 spiro atoms. The van der Waals surface area contributed by atoms with E-state index in [9.17, 15) is 4.39 Å². The van der Waals surface area contributed by atoms with Crippen LogP contribution >= 0.6 is 0 Å². The molecule has 0 fully saturated rings. The summed E-state index contributed by atoms with van der Waals surface area (Å²) in [5.41, 5.74) is 4.87. The van der Waals surface area contributed by atoms with E-state index < -0.39 is 0 Å². The molecule has 0 radical (unpaired) electrons. The number of hydrogen-bond donors (Lipinski definition) is 0. The molecule has 2 aromatic carbocycles. The van der Waals surface area contributed by atoms with Crippen LogP contribution in [-0.4, -0.2) is 10.3 Å². The van der Waals surface area contributed by atoms with Gasteiger partial charge >= 0.3 is 0 Å². The molecule has 1 unspecified atom stereocenters. The van der Waals surface area contributed by atoms with Crippen LogP contribution in [0.2, 0.25) is 0 Å². The maximum absolute atomic E-state index is 13.1. The van der Waals surface area contributed by atoms with E-state index in [0.29, 0.717) is 17.4 Å². The second kappa shape index (κ2) is 13.4. The van der Waals surface area contributed by atoms with Crippen LogP contribution in [0.4, 0.5) is 4.39 Å². The van der Waals surface area contributed by atoms with Gasteiger partial charge < -0.3 is 9.05 Å². The van der Waals surface area contributed by atoms with Crippen LogP contribution in [0.1, 0.15) is 114 Å². The molecule has 0 saturated carbocycles. The first-order valence-corrected chi connectivity index (χ1v) is 13.4. The number of aryl methyl sites for hydroxylation is 1. The van der Waals surface area contributed by atoms with Gasteiger partial charge in [-0.05, 0) is 62.4 Å². The number of benzene rings is 2. The van der Waals surface area contributed by atoms with E-state index in [4.69, 9.17) is 9.05 Å². The third-order valence-corrected chi connectivity index (χ3v) is 6.71. The number of fused-ring (bicyclic) bond motifs is 2. The number of hydrogen-bond acceptors (Lipinski definition) is 4. The fraction of sp³-hybridized carbons (Fsp3) is 0.533. The van der Waals surface area contributed by atoms with Gasteiger partial charge in [-0.1, -0.05) is 76.2 Å². The number of halogens is 1. The molecular weight excluding hydrogens is 439 g/mol. The maximum atomic E-state index is 13.1. The molecule has 1 atom stereocenters. The van der Waals surface area contributed by atoms with Crippen molar-refractivity contribution in [1.82, 2.24) is 10.3 Å². The summed E-state index contributed by atoms with van der Waals surface area (Å²) < 4.78 is 23.8. The van der Waals surface area contributed by atoms with Crippen molar-refractivity contribution in [2.75, 3.05) is 0 Å². The van der Waals surface area contributed by atoms with E-state index >= 15 is 0 Å². The number of rotatable bonds is 11. The van der Waals surface area contributed by atoms with E-state index in [1.165, 1.54) is 61.6 Å². The SMILES string of the molecule is CCCC(CCC)c1noc2cc(C)ccc12.CCCCC(CCC)c1noc2cc(F)ccc12. The zero-order valence-electron chi connectivity index (χ0n) is 22.1. The van der Waals surface area contributed by atoms with Crippen LogP contribution < -0.4 is 0 Å². The molecule has 5 heteroatoms. The van der Waals surface area contributed by atoms with Gasteiger partial charge in [-0.2, -0.15) is 0 Å². The molecule has 4 aromatic rings. The highest BCUT2D eigenvalue weighted by Gasteiger charge is 2.19. The Hall–Kier alpha value is -2.69. The van der Waals surface area contributed by atoms with Gasteiger partial charge in [0.1, 0.15) is 5.82 Å². The van der Waals surface area contributed by atoms with Crippen molar-refractivity contribution >= 4 is 21.9 Å². The Kier molecular flexibility index (Phi) is 10.3. The topological polar surface area (TPSA) is 52.1 Å². The summed E-state index contributed by atoms with van der Waals surface area (Å²) in [6.07, 6.45) is 10.5. The third-order valence-electron chi connectivity index (χ3n) is 6.71. The van der Waals surface area contributed by atoms with Crippen molar-refractivity contribution in [3.05, 3.63) is 59.2 Å². The van der Waals surface area contributed by atoms with E-state index in [-0.39, 0.29) is 5.82 Å². The van der Waals surface area contributed by atoms with Crippen molar-refractivity contribution in [3.8, 4) is 0 Å². The first kappa shape index (κ1) is 26.9. The molecule has 0 saturated heterocycles. The van der Waals surface area contributed by atoms with Crippen LogP contribution in [0, 0.1) is 12.7 Å². The average molecular weight is 481 g/mol. The Bertz CT molecular complexity index is 1170. The Morgan fingerprint density at radius 2 is 1.20 bits per heavy atom. The van der Waals surface area contributed by atoms with Crippen LogP contribution in [0.25, 0.3) is 21.9 Å². The summed E-state index contributed by atoms with van der Waals surface area (Å²) in [6, 6.07) is 11.0. The standard InChI is InChI=1S/C15H20FNO.C15H21NO/c1-3-5-7-11(6-4-2)15-13-9-8-12(16)10-14(13)18-17-15;1-4-6-12(7-5-2)15-13-9-8-11(3)10-14(13)17-16-15/h8-11H,3-7H2,1-2H3;8-10,12H,4-7H2,1-3H3. The summed E-state index contributed by atoms with van der Waals surface area (Å²) in [4.78, 5) is 0. The van der Waals surface area contributed by atoms with Crippen LogP contribution in [0.15, 0.2) is 45.4 Å². The van der Waals surface area contributed by atoms with Crippen LogP contribution in [-0.2, 0) is 0 Å². The third kappa shape index (κ3) is 6.93. The Morgan fingerprint density at radius 3 is 1.74 bits per heavy atom. The van der Waals surface area contributed by atoms with Gasteiger partial charge in [0.15, 0.2) is 11.2 Å². The lowest BCUT2D eigenvalue weighted by Crippen LogP contribution is -1.99. The van der Waals surface area contributed by atoms with Gasteiger partial charge in [0.2, 0.25) is 0 Å². The fourth-order valence-corrected chi connectivity index (χ4v) is 4.92. The molecular formula is C30H41FN2O2. The first-order chi connectivity index (χ1) is 17.0. The molecule has 0 aliphatic carbocycles. The van der Waals surface area contributed by atoms with Crippen molar-refractivity contribution < 1.29 is 13.4 Å². The highest BCUT2D eigenvalue weighted by molar-refractivity contribution is 5.81. The van der Waals surface area contributed by atoms with E-state index in [1.807, 2.05) is 0 Å².